The molecule has 0 saturated heterocycles. The predicted octanol–water partition coefficient (Wildman–Crippen LogP) is 4.23. The number of benzene rings is 1. The van der Waals surface area contributed by atoms with Crippen LogP contribution in [0, 0.1) is 5.92 Å². The molecule has 1 aromatic carbocycles. The monoisotopic (exact) mass is 435 g/mol. The molecule has 158 valence electrons. The average molecular weight is 435 g/mol. The minimum atomic E-state index is -3.16. The Morgan fingerprint density at radius 1 is 1.03 bits per heavy atom. The van der Waals surface area contributed by atoms with Crippen molar-refractivity contribution in [1.29, 1.82) is 0 Å². The van der Waals surface area contributed by atoms with Crippen molar-refractivity contribution < 1.29 is 23.1 Å². The van der Waals surface area contributed by atoms with E-state index < -0.39 is 37.3 Å². The second kappa shape index (κ2) is 10.4. The Hall–Kier alpha value is -2.65. The number of rotatable bonds is 10. The zero-order valence-corrected chi connectivity index (χ0v) is 16.7. The highest BCUT2D eigenvalue weighted by Gasteiger charge is 2.27. The highest BCUT2D eigenvalue weighted by atomic mass is 32.1. The molecule has 0 fully saturated rings. The van der Waals surface area contributed by atoms with Gasteiger partial charge in [-0.1, -0.05) is 30.3 Å². The predicted molar refractivity (Wildman–Crippen MR) is 107 cm³/mol. The van der Waals surface area contributed by atoms with E-state index in [1.165, 1.54) is 17.9 Å². The summed E-state index contributed by atoms with van der Waals surface area (Å²) in [5.41, 5.74) is 3.00. The lowest BCUT2D eigenvalue weighted by Crippen LogP contribution is -2.22. The fourth-order valence-corrected chi connectivity index (χ4v) is 3.53. The van der Waals surface area contributed by atoms with E-state index in [2.05, 4.69) is 14.3 Å². The van der Waals surface area contributed by atoms with E-state index >= 15 is 0 Å². The van der Waals surface area contributed by atoms with E-state index in [0.29, 0.717) is 5.56 Å². The number of hydrogen-bond donors (Lipinski definition) is 1. The van der Waals surface area contributed by atoms with Gasteiger partial charge in [-0.2, -0.15) is 4.37 Å². The number of aryl methyl sites for hydroxylation is 2. The van der Waals surface area contributed by atoms with Crippen molar-refractivity contribution in [2.75, 3.05) is 6.67 Å². The molecule has 0 amide bonds. The molecular weight excluding hydrogens is 415 g/mol. The van der Waals surface area contributed by atoms with Gasteiger partial charge < -0.3 is 5.11 Å². The number of carbonyl (C=O) groups is 1. The Morgan fingerprint density at radius 3 is 2.33 bits per heavy atom. The van der Waals surface area contributed by atoms with Gasteiger partial charge in [0.05, 0.1) is 12.8 Å². The number of Topliss-reactive ketones (excluding diaryl/α,β-unsaturated/α-hetero) is 1. The summed E-state index contributed by atoms with van der Waals surface area (Å²) in [6, 6.07) is 10.5. The maximum atomic E-state index is 13.2. The third-order valence-electron chi connectivity index (χ3n) is 4.76. The van der Waals surface area contributed by atoms with E-state index in [4.69, 9.17) is 0 Å². The Kier molecular flexibility index (Phi) is 7.64. The fourth-order valence-electron chi connectivity index (χ4n) is 3.03. The molecule has 1 N–H and O–H groups in total. The van der Waals surface area contributed by atoms with Crippen molar-refractivity contribution in [3.05, 3.63) is 65.2 Å². The van der Waals surface area contributed by atoms with Crippen LogP contribution in [0.2, 0.25) is 0 Å². The highest BCUT2D eigenvalue weighted by Crippen LogP contribution is 2.28. The van der Waals surface area contributed by atoms with Gasteiger partial charge in [0.15, 0.2) is 5.78 Å². The van der Waals surface area contributed by atoms with Crippen LogP contribution in [0.15, 0.2) is 48.9 Å². The summed E-state index contributed by atoms with van der Waals surface area (Å²) in [6.45, 7) is -1.07. The van der Waals surface area contributed by atoms with Crippen molar-refractivity contribution >= 4 is 17.3 Å². The maximum Gasteiger partial charge on any atom is 0.295 e. The molecule has 3 aromatic rings. The summed E-state index contributed by atoms with van der Waals surface area (Å²) in [4.78, 5) is 19.8. The molecule has 1 unspecified atom stereocenters. The second-order valence-corrected chi connectivity index (χ2v) is 7.69. The van der Waals surface area contributed by atoms with Gasteiger partial charge in [0.1, 0.15) is 11.3 Å². The normalized spacial score (nSPS) is 13.4. The van der Waals surface area contributed by atoms with Gasteiger partial charge in [-0.05, 0) is 35.1 Å². The molecule has 2 atom stereocenters. The van der Waals surface area contributed by atoms with Crippen LogP contribution in [0.1, 0.15) is 28.8 Å². The van der Waals surface area contributed by atoms with Crippen molar-refractivity contribution in [3.8, 4) is 11.1 Å². The van der Waals surface area contributed by atoms with E-state index in [1.807, 2.05) is 12.1 Å². The zero-order chi connectivity index (χ0) is 21.5. The maximum absolute atomic E-state index is 13.2. The standard InChI is InChI=1S/C21H20F3N3O2S/c22-10-16(9-18(28)21(23)24)20(29)14-3-1-13(2-4-14)15-5-6-17(25-11-15)7-8-19-26-12-27-30-19/h1-6,11-12,16,20-21,29H,7-10H2/t16?,20-/m1/s1. The van der Waals surface area contributed by atoms with Gasteiger partial charge in [0.2, 0.25) is 0 Å². The van der Waals surface area contributed by atoms with Gasteiger partial charge in [0.25, 0.3) is 6.43 Å². The third-order valence-corrected chi connectivity index (χ3v) is 5.48. The molecule has 0 saturated carbocycles. The van der Waals surface area contributed by atoms with E-state index in [-0.39, 0.29) is 0 Å². The molecule has 2 heterocycles. The first kappa shape index (κ1) is 22.0. The first-order valence-electron chi connectivity index (χ1n) is 9.33. The minimum absolute atomic E-state index is 0.366. The number of carbonyl (C=O) groups excluding carboxylic acids is 1. The molecule has 0 radical (unpaired) electrons. The minimum Gasteiger partial charge on any atom is -0.388 e. The van der Waals surface area contributed by atoms with Crippen LogP contribution >= 0.6 is 11.5 Å². The molecule has 0 bridgehead atoms. The summed E-state index contributed by atoms with van der Waals surface area (Å²) >= 11 is 1.37. The summed E-state index contributed by atoms with van der Waals surface area (Å²) in [6.07, 6.45) is -0.416. The summed E-state index contributed by atoms with van der Waals surface area (Å²) in [5, 5.41) is 11.2. The zero-order valence-electron chi connectivity index (χ0n) is 15.9. The van der Waals surface area contributed by atoms with Crippen LogP contribution in [0.3, 0.4) is 0 Å². The van der Waals surface area contributed by atoms with Crippen LogP contribution in [-0.2, 0) is 17.6 Å². The summed E-state index contributed by atoms with van der Waals surface area (Å²) in [7, 11) is 0. The van der Waals surface area contributed by atoms with Crippen LogP contribution in [-0.4, -0.2) is 38.3 Å². The van der Waals surface area contributed by atoms with Crippen LogP contribution < -0.4 is 0 Å². The van der Waals surface area contributed by atoms with Crippen LogP contribution in [0.4, 0.5) is 13.2 Å². The van der Waals surface area contributed by atoms with Crippen molar-refractivity contribution in [3.63, 3.8) is 0 Å². The van der Waals surface area contributed by atoms with Gasteiger partial charge in [0, 0.05) is 36.2 Å². The number of halogens is 3. The topological polar surface area (TPSA) is 76.0 Å². The Morgan fingerprint density at radius 2 is 1.77 bits per heavy atom. The molecule has 3 rings (SSSR count). The van der Waals surface area contributed by atoms with E-state index in [0.717, 1.165) is 34.7 Å². The lowest BCUT2D eigenvalue weighted by molar-refractivity contribution is -0.131. The molecule has 2 aromatic heterocycles. The quantitative estimate of drug-likeness (QED) is 0.516. The van der Waals surface area contributed by atoms with Gasteiger partial charge in [-0.3, -0.25) is 14.2 Å². The lowest BCUT2D eigenvalue weighted by Gasteiger charge is -2.20. The molecule has 0 spiro atoms. The number of aliphatic hydroxyl groups is 1. The van der Waals surface area contributed by atoms with E-state index in [9.17, 15) is 23.1 Å². The average Bonchev–Trinajstić information content (AvgIpc) is 3.29. The van der Waals surface area contributed by atoms with Crippen molar-refractivity contribution in [2.45, 2.75) is 31.8 Å². The first-order valence-corrected chi connectivity index (χ1v) is 10.1. The van der Waals surface area contributed by atoms with Gasteiger partial charge in [-0.25, -0.2) is 13.8 Å². The van der Waals surface area contributed by atoms with E-state index in [1.54, 1.807) is 30.5 Å². The fraction of sp³-hybridized carbons (Fsp3) is 0.333. The smallest absolute Gasteiger partial charge is 0.295 e. The Balaban J connectivity index is 1.63. The number of aliphatic hydroxyl groups excluding tert-OH is 1. The number of alkyl halides is 3. The Bertz CT molecular complexity index is 935. The number of aromatic nitrogens is 3. The molecule has 0 aliphatic carbocycles. The number of pyridine rings is 1. The molecule has 0 aliphatic rings. The second-order valence-electron chi connectivity index (χ2n) is 6.83. The number of ketones is 1. The molecular formula is C21H20F3N3O2S. The summed E-state index contributed by atoms with van der Waals surface area (Å²) < 4.78 is 42.0. The SMILES string of the molecule is O=C(CC(CF)[C@H](O)c1ccc(-c2ccc(CCc3ncns3)nc2)cc1)C(F)F. The molecule has 30 heavy (non-hydrogen) atoms. The van der Waals surface area contributed by atoms with Crippen LogP contribution in [0.5, 0.6) is 0 Å². The number of nitrogens with zero attached hydrogens (tertiary/aromatic N) is 3. The number of hydrogen-bond acceptors (Lipinski definition) is 6. The first-order chi connectivity index (χ1) is 14.5. The summed E-state index contributed by atoms with van der Waals surface area (Å²) in [5.74, 6) is -2.57. The van der Waals surface area contributed by atoms with Gasteiger partial charge >= 0.3 is 0 Å². The Labute approximate surface area is 175 Å². The molecule has 9 heteroatoms. The third kappa shape index (κ3) is 5.70. The molecule has 0 aliphatic heterocycles. The highest BCUT2D eigenvalue weighted by molar-refractivity contribution is 7.05. The molecule has 5 nitrogen and oxygen atoms in total. The van der Waals surface area contributed by atoms with Gasteiger partial charge in [-0.15, -0.1) is 0 Å². The van der Waals surface area contributed by atoms with Crippen molar-refractivity contribution in [2.24, 2.45) is 5.92 Å². The largest absolute Gasteiger partial charge is 0.388 e. The lowest BCUT2D eigenvalue weighted by atomic mass is 9.91. The van der Waals surface area contributed by atoms with Crippen LogP contribution in [0.25, 0.3) is 11.1 Å². The van der Waals surface area contributed by atoms with Crippen molar-refractivity contribution in [1.82, 2.24) is 14.3 Å².